The number of carbonyl (C=O) groups is 2. The molecule has 7 heteroatoms. The summed E-state index contributed by atoms with van der Waals surface area (Å²) in [6.07, 6.45) is 1.58. The van der Waals surface area contributed by atoms with Gasteiger partial charge in [0.1, 0.15) is 5.60 Å². The third kappa shape index (κ3) is 4.13. The number of halogens is 2. The Labute approximate surface area is 170 Å². The highest BCUT2D eigenvalue weighted by atomic mass is 127. The van der Waals surface area contributed by atoms with Crippen molar-refractivity contribution in [3.63, 3.8) is 0 Å². The molecular formula is C18H22BrIN2O3. The normalized spacial score (nSPS) is 19.1. The fourth-order valence-corrected chi connectivity index (χ4v) is 3.90. The Morgan fingerprint density at radius 1 is 1.24 bits per heavy atom. The van der Waals surface area contributed by atoms with Gasteiger partial charge in [-0.25, -0.2) is 4.79 Å². The average molecular weight is 521 g/mol. The summed E-state index contributed by atoms with van der Waals surface area (Å²) in [4.78, 5) is 29.0. The van der Waals surface area contributed by atoms with Crippen LogP contribution in [0.25, 0.3) is 0 Å². The van der Waals surface area contributed by atoms with Crippen LogP contribution in [0.5, 0.6) is 0 Å². The highest BCUT2D eigenvalue weighted by molar-refractivity contribution is 14.1. The fraction of sp³-hybridized carbons (Fsp3) is 0.556. The molecule has 3 rings (SSSR count). The SMILES string of the molecule is CC(C)(C)OC(=O)N1CCN(C(=O)c2ccc(Br)c(I)c2)C2(CC2)C1. The smallest absolute Gasteiger partial charge is 0.410 e. The van der Waals surface area contributed by atoms with Gasteiger partial charge in [0, 0.05) is 33.2 Å². The Morgan fingerprint density at radius 3 is 2.48 bits per heavy atom. The molecule has 1 aromatic rings. The van der Waals surface area contributed by atoms with Gasteiger partial charge in [-0.1, -0.05) is 0 Å². The summed E-state index contributed by atoms with van der Waals surface area (Å²) in [6, 6.07) is 5.67. The molecule has 1 aliphatic heterocycles. The molecule has 0 N–H and O–H groups in total. The second kappa shape index (κ2) is 6.72. The van der Waals surface area contributed by atoms with Gasteiger partial charge >= 0.3 is 6.09 Å². The van der Waals surface area contributed by atoms with Crippen LogP contribution in [0.15, 0.2) is 22.7 Å². The molecule has 1 saturated heterocycles. The Balaban J connectivity index is 1.73. The van der Waals surface area contributed by atoms with Crippen molar-refractivity contribution in [1.82, 2.24) is 9.80 Å². The number of hydrogen-bond donors (Lipinski definition) is 0. The maximum atomic E-state index is 13.0. The van der Waals surface area contributed by atoms with Crippen molar-refractivity contribution in [3.05, 3.63) is 31.8 Å². The first-order valence-electron chi connectivity index (χ1n) is 8.36. The standard InChI is InChI=1S/C18H22BrIN2O3/c1-17(2,3)25-16(24)21-8-9-22(18(11-21)6-7-18)15(23)12-4-5-13(19)14(20)10-12/h4-5,10H,6-9,11H2,1-3H3. The summed E-state index contributed by atoms with van der Waals surface area (Å²) < 4.78 is 7.49. The van der Waals surface area contributed by atoms with Crippen LogP contribution in [-0.4, -0.2) is 52.6 Å². The van der Waals surface area contributed by atoms with E-state index in [1.165, 1.54) is 0 Å². The van der Waals surface area contributed by atoms with Crippen molar-refractivity contribution in [2.75, 3.05) is 19.6 Å². The molecule has 1 aromatic carbocycles. The minimum absolute atomic E-state index is 0.0479. The number of nitrogens with zero attached hydrogens (tertiary/aromatic N) is 2. The van der Waals surface area contributed by atoms with Gasteiger partial charge in [-0.05, 0) is 90.3 Å². The van der Waals surface area contributed by atoms with Gasteiger partial charge in [-0.3, -0.25) is 4.79 Å². The maximum Gasteiger partial charge on any atom is 0.410 e. The zero-order valence-corrected chi connectivity index (χ0v) is 18.4. The lowest BCUT2D eigenvalue weighted by atomic mass is 10.1. The summed E-state index contributed by atoms with van der Waals surface area (Å²) in [5.41, 5.74) is -0.0239. The lowest BCUT2D eigenvalue weighted by molar-refractivity contribution is 0.000633. The molecule has 2 amide bonds. The van der Waals surface area contributed by atoms with Crippen LogP contribution in [0.4, 0.5) is 4.79 Å². The first-order valence-corrected chi connectivity index (χ1v) is 10.2. The van der Waals surface area contributed by atoms with E-state index in [1.54, 1.807) is 4.90 Å². The zero-order valence-electron chi connectivity index (χ0n) is 14.6. The molecule has 136 valence electrons. The summed E-state index contributed by atoms with van der Waals surface area (Å²) in [5, 5.41) is 0. The minimum atomic E-state index is -0.505. The number of hydrogen-bond acceptors (Lipinski definition) is 3. The third-order valence-electron chi connectivity index (χ3n) is 4.54. The second-order valence-electron chi connectivity index (χ2n) is 7.71. The van der Waals surface area contributed by atoms with E-state index in [9.17, 15) is 9.59 Å². The van der Waals surface area contributed by atoms with Crippen molar-refractivity contribution in [3.8, 4) is 0 Å². The van der Waals surface area contributed by atoms with Crippen molar-refractivity contribution in [1.29, 1.82) is 0 Å². The van der Waals surface area contributed by atoms with Crippen LogP contribution in [0.2, 0.25) is 0 Å². The summed E-state index contributed by atoms with van der Waals surface area (Å²) in [6.45, 7) is 7.22. The second-order valence-corrected chi connectivity index (χ2v) is 9.73. The monoisotopic (exact) mass is 520 g/mol. The van der Waals surface area contributed by atoms with Gasteiger partial charge in [0.15, 0.2) is 0 Å². The number of amides is 2. The Kier molecular flexibility index (Phi) is 5.09. The van der Waals surface area contributed by atoms with Crippen LogP contribution >= 0.6 is 38.5 Å². The predicted octanol–water partition coefficient (Wildman–Crippen LogP) is 4.28. The molecule has 0 aromatic heterocycles. The number of piperazine rings is 1. The number of rotatable bonds is 1. The van der Waals surface area contributed by atoms with Crippen LogP contribution in [0.1, 0.15) is 44.0 Å². The van der Waals surface area contributed by atoms with E-state index in [-0.39, 0.29) is 17.5 Å². The van der Waals surface area contributed by atoms with E-state index < -0.39 is 5.60 Å². The molecule has 0 bridgehead atoms. The molecule has 0 radical (unpaired) electrons. The molecule has 0 unspecified atom stereocenters. The lowest BCUT2D eigenvalue weighted by Crippen LogP contribution is -2.58. The van der Waals surface area contributed by atoms with Crippen LogP contribution in [0.3, 0.4) is 0 Å². The lowest BCUT2D eigenvalue weighted by Gasteiger charge is -2.42. The van der Waals surface area contributed by atoms with E-state index in [1.807, 2.05) is 43.9 Å². The highest BCUT2D eigenvalue weighted by Gasteiger charge is 2.54. The first-order chi connectivity index (χ1) is 11.6. The predicted molar refractivity (Wildman–Crippen MR) is 108 cm³/mol. The minimum Gasteiger partial charge on any atom is -0.444 e. The van der Waals surface area contributed by atoms with Gasteiger partial charge in [0.05, 0.1) is 5.54 Å². The molecule has 2 aliphatic rings. The van der Waals surface area contributed by atoms with Gasteiger partial charge in [-0.2, -0.15) is 0 Å². The Bertz CT molecular complexity index is 713. The van der Waals surface area contributed by atoms with Gasteiger partial charge in [0.2, 0.25) is 0 Å². The summed E-state index contributed by atoms with van der Waals surface area (Å²) in [5.74, 6) is 0.0479. The molecule has 1 spiro atoms. The van der Waals surface area contributed by atoms with Crippen molar-refractivity contribution in [2.45, 2.75) is 44.8 Å². The first kappa shape index (κ1) is 18.9. The Morgan fingerprint density at radius 2 is 1.92 bits per heavy atom. The van der Waals surface area contributed by atoms with E-state index in [0.717, 1.165) is 20.9 Å². The van der Waals surface area contributed by atoms with Gasteiger partial charge in [-0.15, -0.1) is 0 Å². The Hall–Kier alpha value is -0.830. The van der Waals surface area contributed by atoms with Crippen LogP contribution in [-0.2, 0) is 4.74 Å². The van der Waals surface area contributed by atoms with Gasteiger partial charge in [0.25, 0.3) is 5.91 Å². The molecular weight excluding hydrogens is 499 g/mol. The van der Waals surface area contributed by atoms with Crippen molar-refractivity contribution in [2.24, 2.45) is 0 Å². The van der Waals surface area contributed by atoms with E-state index in [2.05, 4.69) is 38.5 Å². The number of carbonyl (C=O) groups excluding carboxylic acids is 2. The topological polar surface area (TPSA) is 49.9 Å². The largest absolute Gasteiger partial charge is 0.444 e. The molecule has 5 nitrogen and oxygen atoms in total. The quantitative estimate of drug-likeness (QED) is 0.519. The van der Waals surface area contributed by atoms with Gasteiger partial charge < -0.3 is 14.5 Å². The van der Waals surface area contributed by atoms with Crippen LogP contribution in [0, 0.1) is 3.57 Å². The van der Waals surface area contributed by atoms with E-state index in [0.29, 0.717) is 25.2 Å². The highest BCUT2D eigenvalue weighted by Crippen LogP contribution is 2.45. The molecule has 1 aliphatic carbocycles. The fourth-order valence-electron chi connectivity index (χ4n) is 3.13. The molecule has 25 heavy (non-hydrogen) atoms. The number of ether oxygens (including phenoxy) is 1. The number of benzene rings is 1. The molecule has 0 atom stereocenters. The van der Waals surface area contributed by atoms with E-state index in [4.69, 9.17) is 4.74 Å². The summed E-state index contributed by atoms with van der Waals surface area (Å²) >= 11 is 5.68. The van der Waals surface area contributed by atoms with Crippen molar-refractivity contribution >= 4 is 50.5 Å². The molecule has 1 heterocycles. The maximum absolute atomic E-state index is 13.0. The third-order valence-corrected chi connectivity index (χ3v) is 6.87. The zero-order chi connectivity index (χ0) is 18.4. The van der Waals surface area contributed by atoms with Crippen LogP contribution < -0.4 is 0 Å². The average Bonchev–Trinajstić information content (AvgIpc) is 3.27. The van der Waals surface area contributed by atoms with E-state index >= 15 is 0 Å². The van der Waals surface area contributed by atoms with Crippen molar-refractivity contribution < 1.29 is 14.3 Å². The molecule has 2 fully saturated rings. The molecule has 1 saturated carbocycles. The summed E-state index contributed by atoms with van der Waals surface area (Å²) in [7, 11) is 0.